The molecule has 2 aromatic carbocycles. The monoisotopic (exact) mass is 335 g/mol. The molecule has 0 radical (unpaired) electrons. The first-order chi connectivity index (χ1) is 12.1. The Morgan fingerprint density at radius 1 is 0.960 bits per heavy atom. The lowest BCUT2D eigenvalue weighted by atomic mass is 10.1. The highest BCUT2D eigenvalue weighted by molar-refractivity contribution is 6.23. The number of benzene rings is 2. The second-order valence-electron chi connectivity index (χ2n) is 5.92. The molecule has 25 heavy (non-hydrogen) atoms. The molecule has 1 spiro atoms. The first kappa shape index (κ1) is 15.3. The zero-order valence-corrected chi connectivity index (χ0v) is 13.9. The number of hydrogen-bond acceptors (Lipinski definition) is 3. The van der Waals surface area contributed by atoms with Crippen molar-refractivity contribution in [2.24, 2.45) is 0 Å². The summed E-state index contributed by atoms with van der Waals surface area (Å²) in [5.41, 5.74) is 3.07. The van der Waals surface area contributed by atoms with Crippen LogP contribution in [0.25, 0.3) is 11.1 Å². The fourth-order valence-electron chi connectivity index (χ4n) is 3.44. The summed E-state index contributed by atoms with van der Waals surface area (Å²) in [6.45, 7) is 0. The summed E-state index contributed by atoms with van der Waals surface area (Å²) in [6, 6.07) is 19.3. The van der Waals surface area contributed by atoms with E-state index in [1.807, 2.05) is 60.7 Å². The lowest BCUT2D eigenvalue weighted by Gasteiger charge is -2.48. The number of carbonyl (C=O) groups is 2. The van der Waals surface area contributed by atoms with Crippen LogP contribution in [0, 0.1) is 0 Å². The van der Waals surface area contributed by atoms with Gasteiger partial charge in [-0.3, -0.25) is 4.90 Å². The minimum atomic E-state index is -0.841. The Morgan fingerprint density at radius 2 is 1.44 bits per heavy atom. The van der Waals surface area contributed by atoms with Crippen LogP contribution < -0.4 is 5.32 Å². The van der Waals surface area contributed by atoms with Crippen LogP contribution in [0.4, 0.5) is 9.59 Å². The highest BCUT2D eigenvalue weighted by atomic mass is 16.7. The zero-order chi connectivity index (χ0) is 17.6. The summed E-state index contributed by atoms with van der Waals surface area (Å²) < 4.78 is 0. The predicted molar refractivity (Wildman–Crippen MR) is 93.0 cm³/mol. The molecule has 1 saturated heterocycles. The molecule has 2 aliphatic rings. The van der Waals surface area contributed by atoms with Gasteiger partial charge in [-0.1, -0.05) is 60.7 Å². The summed E-state index contributed by atoms with van der Waals surface area (Å²) in [4.78, 5) is 30.9. The maximum absolute atomic E-state index is 12.3. The quantitative estimate of drug-likeness (QED) is 0.938. The van der Waals surface area contributed by atoms with Gasteiger partial charge in [-0.25, -0.2) is 9.59 Å². The molecule has 2 aromatic rings. The lowest BCUT2D eigenvalue weighted by Crippen LogP contribution is -2.71. The van der Waals surface area contributed by atoms with E-state index in [2.05, 4.69) is 5.32 Å². The molecule has 0 aromatic heterocycles. The van der Waals surface area contributed by atoms with Crippen molar-refractivity contribution in [1.29, 1.82) is 0 Å². The van der Waals surface area contributed by atoms with E-state index in [-0.39, 0.29) is 6.03 Å². The highest BCUT2D eigenvalue weighted by Gasteiger charge is 2.74. The van der Waals surface area contributed by atoms with Gasteiger partial charge in [0.25, 0.3) is 0 Å². The molecule has 1 N–H and O–H groups in total. The molecule has 0 saturated carbocycles. The maximum Gasteiger partial charge on any atom is 0.431 e. The standard InChI is InChI=1S/C19H17N3O3/c1-20-17(23)25-22-18(24)21(2)19(22)15(13-9-5-3-6-10-13)16(19)14-11-7-4-8-12-14/h3-12H,1-2H3,(H,20,23). The minimum Gasteiger partial charge on any atom is -0.323 e. The second-order valence-corrected chi connectivity index (χ2v) is 5.92. The molecule has 0 atom stereocenters. The van der Waals surface area contributed by atoms with E-state index in [0.717, 1.165) is 27.3 Å². The molecule has 1 fully saturated rings. The van der Waals surface area contributed by atoms with E-state index < -0.39 is 11.8 Å². The van der Waals surface area contributed by atoms with E-state index in [0.29, 0.717) is 0 Å². The van der Waals surface area contributed by atoms with Crippen molar-refractivity contribution in [3.05, 3.63) is 71.8 Å². The van der Waals surface area contributed by atoms with Crippen molar-refractivity contribution in [3.63, 3.8) is 0 Å². The number of nitrogens with zero attached hydrogens (tertiary/aromatic N) is 2. The van der Waals surface area contributed by atoms with Gasteiger partial charge in [-0.15, -0.1) is 5.06 Å². The van der Waals surface area contributed by atoms with Crippen molar-refractivity contribution in [2.45, 2.75) is 5.66 Å². The third kappa shape index (κ3) is 1.97. The molecule has 1 aliphatic carbocycles. The summed E-state index contributed by atoms with van der Waals surface area (Å²) in [7, 11) is 3.17. The summed E-state index contributed by atoms with van der Waals surface area (Å²) in [6.07, 6.45) is -0.674. The molecule has 3 amide bonds. The van der Waals surface area contributed by atoms with E-state index in [9.17, 15) is 9.59 Å². The van der Waals surface area contributed by atoms with Gasteiger partial charge in [0.15, 0.2) is 0 Å². The average molecular weight is 335 g/mol. The Balaban J connectivity index is 1.81. The number of nitrogens with one attached hydrogen (secondary N) is 1. The van der Waals surface area contributed by atoms with E-state index >= 15 is 0 Å². The van der Waals surface area contributed by atoms with Gasteiger partial charge in [-0.05, 0) is 11.1 Å². The molecule has 0 bridgehead atoms. The van der Waals surface area contributed by atoms with E-state index in [4.69, 9.17) is 4.84 Å². The molecule has 0 unspecified atom stereocenters. The summed E-state index contributed by atoms with van der Waals surface area (Å²) in [5, 5.41) is 3.53. The smallest absolute Gasteiger partial charge is 0.323 e. The van der Waals surface area contributed by atoms with Crippen molar-refractivity contribution < 1.29 is 14.4 Å². The fraction of sp³-hybridized carbons (Fsp3) is 0.158. The van der Waals surface area contributed by atoms with Crippen molar-refractivity contribution in [3.8, 4) is 0 Å². The lowest BCUT2D eigenvalue weighted by molar-refractivity contribution is -0.177. The van der Waals surface area contributed by atoms with Crippen molar-refractivity contribution in [1.82, 2.24) is 15.3 Å². The van der Waals surface area contributed by atoms with Crippen LogP contribution in [0.5, 0.6) is 0 Å². The Morgan fingerprint density at radius 3 is 1.88 bits per heavy atom. The van der Waals surface area contributed by atoms with Crippen LogP contribution in [0.1, 0.15) is 11.1 Å². The first-order valence-electron chi connectivity index (χ1n) is 7.96. The van der Waals surface area contributed by atoms with E-state index in [1.54, 1.807) is 11.9 Å². The van der Waals surface area contributed by atoms with Gasteiger partial charge in [0.2, 0.25) is 5.66 Å². The number of amides is 3. The van der Waals surface area contributed by atoms with Crippen molar-refractivity contribution >= 4 is 23.3 Å². The minimum absolute atomic E-state index is 0.358. The number of carbonyl (C=O) groups excluding carboxylic acids is 2. The molecule has 126 valence electrons. The van der Waals surface area contributed by atoms with Crippen LogP contribution in [0.3, 0.4) is 0 Å². The average Bonchev–Trinajstić information content (AvgIpc) is 3.39. The molecule has 6 heteroatoms. The Bertz CT molecular complexity index is 828. The van der Waals surface area contributed by atoms with Gasteiger partial charge in [0.1, 0.15) is 0 Å². The van der Waals surface area contributed by atoms with Crippen LogP contribution in [-0.2, 0) is 4.84 Å². The SMILES string of the molecule is CNC(=O)ON1C(=O)N(C)C12C(c1ccccc1)=C2c1ccccc1. The zero-order valence-electron chi connectivity index (χ0n) is 13.9. The third-order valence-corrected chi connectivity index (χ3v) is 4.63. The van der Waals surface area contributed by atoms with Crippen LogP contribution in [0.15, 0.2) is 60.7 Å². The summed E-state index contributed by atoms with van der Waals surface area (Å²) in [5.74, 6) is 0. The van der Waals surface area contributed by atoms with Gasteiger partial charge < -0.3 is 10.2 Å². The van der Waals surface area contributed by atoms with Crippen LogP contribution in [0.2, 0.25) is 0 Å². The molecule has 1 heterocycles. The fourth-order valence-corrected chi connectivity index (χ4v) is 3.44. The van der Waals surface area contributed by atoms with Gasteiger partial charge in [-0.2, -0.15) is 0 Å². The maximum atomic E-state index is 12.3. The number of hydrogen-bond donors (Lipinski definition) is 1. The molecule has 1 aliphatic heterocycles. The Labute approximate surface area is 145 Å². The topological polar surface area (TPSA) is 61.9 Å². The second kappa shape index (κ2) is 5.37. The van der Waals surface area contributed by atoms with Crippen molar-refractivity contribution in [2.75, 3.05) is 14.1 Å². The normalized spacial score (nSPS) is 17.4. The molecule has 4 rings (SSSR count). The van der Waals surface area contributed by atoms with Gasteiger partial charge in [0, 0.05) is 25.2 Å². The van der Waals surface area contributed by atoms with Gasteiger partial charge >= 0.3 is 12.1 Å². The predicted octanol–water partition coefficient (Wildman–Crippen LogP) is 2.95. The number of hydroxylamine groups is 2. The molecule has 6 nitrogen and oxygen atoms in total. The third-order valence-electron chi connectivity index (χ3n) is 4.63. The number of rotatable bonds is 3. The molecular formula is C19H17N3O3. The Hall–Kier alpha value is -3.28. The Kier molecular flexibility index (Phi) is 3.28. The summed E-state index contributed by atoms with van der Waals surface area (Å²) >= 11 is 0. The molecular weight excluding hydrogens is 318 g/mol. The highest BCUT2D eigenvalue weighted by Crippen LogP contribution is 2.65. The van der Waals surface area contributed by atoms with E-state index in [1.165, 1.54) is 7.05 Å². The van der Waals surface area contributed by atoms with Crippen LogP contribution >= 0.6 is 0 Å². The van der Waals surface area contributed by atoms with Crippen LogP contribution in [-0.4, -0.2) is 41.8 Å². The number of likely N-dealkylation sites (N-methyl/N-ethyl adjacent to an activating group) is 1. The largest absolute Gasteiger partial charge is 0.431 e. The number of urea groups is 1. The van der Waals surface area contributed by atoms with Gasteiger partial charge in [0.05, 0.1) is 0 Å². The first-order valence-corrected chi connectivity index (χ1v) is 7.96.